The topological polar surface area (TPSA) is 41.6 Å². The lowest BCUT2D eigenvalue weighted by Gasteiger charge is -2.34. The van der Waals surface area contributed by atoms with Crippen LogP contribution in [0.2, 0.25) is 5.02 Å². The fraction of sp³-hybridized carbons (Fsp3) is 0.0370. The number of aromatic amines is 1. The molecular weight excluding hydrogens is 434 g/mol. The van der Waals surface area contributed by atoms with Crippen molar-refractivity contribution in [2.24, 2.45) is 0 Å². The van der Waals surface area contributed by atoms with Crippen molar-refractivity contribution in [3.05, 3.63) is 137 Å². The summed E-state index contributed by atoms with van der Waals surface area (Å²) in [5.74, 6) is 0.654. The number of hydrogen-bond acceptors (Lipinski definition) is 3. The highest BCUT2D eigenvalue weighted by atomic mass is 35.5. The van der Waals surface area contributed by atoms with Gasteiger partial charge in [-0.3, -0.25) is 5.10 Å². The summed E-state index contributed by atoms with van der Waals surface area (Å²) in [6, 6.07) is 39.2. The van der Waals surface area contributed by atoms with Crippen molar-refractivity contribution >= 4 is 23.4 Å². The number of H-pyrrole nitrogens is 1. The molecule has 0 saturated heterocycles. The largest absolute Gasteiger partial charge is 0.258 e. The maximum absolute atomic E-state index is 6.39. The van der Waals surface area contributed by atoms with Gasteiger partial charge in [0.2, 0.25) is 5.16 Å². The molecule has 1 N–H and O–H groups in total. The molecule has 4 aromatic carbocycles. The molecule has 1 aromatic heterocycles. The summed E-state index contributed by atoms with van der Waals surface area (Å²) < 4.78 is -0.524. The van der Waals surface area contributed by atoms with Gasteiger partial charge in [-0.1, -0.05) is 126 Å². The van der Waals surface area contributed by atoms with Crippen LogP contribution in [0, 0.1) is 0 Å². The second-order valence-corrected chi connectivity index (χ2v) is 8.92. The van der Waals surface area contributed by atoms with Crippen LogP contribution in [0.1, 0.15) is 16.7 Å². The monoisotopic (exact) mass is 453 g/mol. The zero-order chi connectivity index (χ0) is 21.8. The van der Waals surface area contributed by atoms with E-state index in [-0.39, 0.29) is 0 Å². The molecule has 3 nitrogen and oxygen atoms in total. The standard InChI is InChI=1S/C27H20ClN3S/c28-24-19-11-10-18-23(24)25-29-26(31-30-25)32-27(20-12-4-1-5-13-20,21-14-6-2-7-15-21)22-16-8-3-9-17-22/h1-19H,(H,29,30,31). The number of thioether (sulfide) groups is 1. The van der Waals surface area contributed by atoms with Gasteiger partial charge in [-0.25, -0.2) is 4.98 Å². The van der Waals surface area contributed by atoms with Gasteiger partial charge in [-0.15, -0.1) is 5.10 Å². The van der Waals surface area contributed by atoms with Crippen molar-refractivity contribution in [3.63, 3.8) is 0 Å². The van der Waals surface area contributed by atoms with E-state index in [0.29, 0.717) is 16.0 Å². The molecule has 0 aliphatic rings. The lowest BCUT2D eigenvalue weighted by Crippen LogP contribution is -2.25. The van der Waals surface area contributed by atoms with Gasteiger partial charge in [-0.05, 0) is 28.8 Å². The molecule has 5 heteroatoms. The summed E-state index contributed by atoms with van der Waals surface area (Å²) in [6.07, 6.45) is 0. The van der Waals surface area contributed by atoms with E-state index in [9.17, 15) is 0 Å². The number of hydrogen-bond donors (Lipinski definition) is 1. The molecule has 0 bridgehead atoms. The number of rotatable bonds is 6. The smallest absolute Gasteiger partial charge is 0.210 e. The normalized spacial score (nSPS) is 11.4. The molecule has 0 radical (unpaired) electrons. The third kappa shape index (κ3) is 3.83. The molecule has 0 aliphatic heterocycles. The van der Waals surface area contributed by atoms with E-state index in [1.807, 2.05) is 42.5 Å². The fourth-order valence-corrected chi connectivity index (χ4v) is 5.39. The number of benzene rings is 4. The summed E-state index contributed by atoms with van der Waals surface area (Å²) in [5.41, 5.74) is 4.31. The van der Waals surface area contributed by atoms with Crippen LogP contribution < -0.4 is 0 Å². The van der Waals surface area contributed by atoms with E-state index in [1.165, 1.54) is 0 Å². The first-order valence-electron chi connectivity index (χ1n) is 10.3. The van der Waals surface area contributed by atoms with Crippen LogP contribution in [0.3, 0.4) is 0 Å². The third-order valence-corrected chi connectivity index (χ3v) is 7.09. The van der Waals surface area contributed by atoms with Crippen LogP contribution in [0.15, 0.2) is 120 Å². The number of nitrogens with one attached hydrogen (secondary N) is 1. The average molecular weight is 454 g/mol. The van der Waals surface area contributed by atoms with E-state index < -0.39 is 4.75 Å². The Labute approximate surface area is 196 Å². The zero-order valence-corrected chi connectivity index (χ0v) is 18.7. The molecule has 0 spiro atoms. The Bertz CT molecular complexity index is 1210. The highest BCUT2D eigenvalue weighted by Crippen LogP contribution is 2.50. The molecule has 0 atom stereocenters. The van der Waals surface area contributed by atoms with Crippen LogP contribution in [-0.4, -0.2) is 15.2 Å². The lowest BCUT2D eigenvalue weighted by atomic mass is 9.84. The maximum atomic E-state index is 6.39. The molecule has 0 amide bonds. The van der Waals surface area contributed by atoms with Crippen LogP contribution in [0.4, 0.5) is 0 Å². The average Bonchev–Trinajstić information content (AvgIpc) is 3.33. The predicted molar refractivity (Wildman–Crippen MR) is 132 cm³/mol. The summed E-state index contributed by atoms with van der Waals surface area (Å²) in [6.45, 7) is 0. The minimum Gasteiger partial charge on any atom is -0.258 e. The van der Waals surface area contributed by atoms with Crippen LogP contribution in [0.25, 0.3) is 11.4 Å². The number of aromatic nitrogens is 3. The van der Waals surface area contributed by atoms with Gasteiger partial charge in [0, 0.05) is 5.56 Å². The van der Waals surface area contributed by atoms with Crippen molar-refractivity contribution in [1.29, 1.82) is 0 Å². The Balaban J connectivity index is 1.68. The minimum atomic E-state index is -0.524. The van der Waals surface area contributed by atoms with E-state index in [4.69, 9.17) is 16.6 Å². The van der Waals surface area contributed by atoms with Gasteiger partial charge >= 0.3 is 0 Å². The highest BCUT2D eigenvalue weighted by molar-refractivity contribution is 8.00. The highest BCUT2D eigenvalue weighted by Gasteiger charge is 2.39. The molecule has 1 heterocycles. The second-order valence-electron chi connectivity index (χ2n) is 7.33. The van der Waals surface area contributed by atoms with Crippen molar-refractivity contribution in [2.75, 3.05) is 0 Å². The SMILES string of the molecule is Clc1ccccc1-c1nc(SC(c2ccccc2)(c2ccccc2)c2ccccc2)n[nH]1. The first-order valence-corrected chi connectivity index (χ1v) is 11.5. The van der Waals surface area contributed by atoms with E-state index in [0.717, 1.165) is 22.3 Å². The quantitative estimate of drug-likeness (QED) is 0.218. The van der Waals surface area contributed by atoms with E-state index in [2.05, 4.69) is 83.0 Å². The van der Waals surface area contributed by atoms with E-state index >= 15 is 0 Å². The molecule has 0 aliphatic carbocycles. The molecule has 5 aromatic rings. The number of halogens is 1. The zero-order valence-electron chi connectivity index (χ0n) is 17.2. The Kier molecular flexibility index (Phi) is 5.80. The van der Waals surface area contributed by atoms with Crippen LogP contribution in [-0.2, 0) is 4.75 Å². The van der Waals surface area contributed by atoms with Crippen LogP contribution >= 0.6 is 23.4 Å². The molecule has 0 saturated carbocycles. The molecule has 156 valence electrons. The third-order valence-electron chi connectivity index (χ3n) is 5.38. The Morgan fingerprint density at radius 2 is 1.09 bits per heavy atom. The molecule has 5 rings (SSSR count). The van der Waals surface area contributed by atoms with Gasteiger partial charge < -0.3 is 0 Å². The van der Waals surface area contributed by atoms with Crippen molar-refractivity contribution < 1.29 is 0 Å². The lowest BCUT2D eigenvalue weighted by molar-refractivity contribution is 0.873. The van der Waals surface area contributed by atoms with Crippen molar-refractivity contribution in [1.82, 2.24) is 15.2 Å². The van der Waals surface area contributed by atoms with E-state index in [1.54, 1.807) is 11.8 Å². The first-order chi connectivity index (χ1) is 15.8. The maximum Gasteiger partial charge on any atom is 0.210 e. The summed E-state index contributed by atoms with van der Waals surface area (Å²) in [4.78, 5) is 4.81. The molecule has 32 heavy (non-hydrogen) atoms. The molecular formula is C27H20ClN3S. The van der Waals surface area contributed by atoms with Gasteiger partial charge in [0.15, 0.2) is 5.82 Å². The Morgan fingerprint density at radius 1 is 0.625 bits per heavy atom. The first kappa shape index (κ1) is 20.6. The minimum absolute atomic E-state index is 0.524. The molecule has 0 fully saturated rings. The van der Waals surface area contributed by atoms with Gasteiger partial charge in [-0.2, -0.15) is 0 Å². The van der Waals surface area contributed by atoms with Gasteiger partial charge in [0.1, 0.15) is 0 Å². The molecule has 0 unspecified atom stereocenters. The van der Waals surface area contributed by atoms with Crippen LogP contribution in [0.5, 0.6) is 0 Å². The van der Waals surface area contributed by atoms with Crippen molar-refractivity contribution in [3.8, 4) is 11.4 Å². The summed E-state index contributed by atoms with van der Waals surface area (Å²) in [5, 5.41) is 8.93. The predicted octanol–water partition coefficient (Wildman–Crippen LogP) is 7.21. The van der Waals surface area contributed by atoms with Gasteiger partial charge in [0.05, 0.1) is 9.77 Å². The fourth-order valence-electron chi connectivity index (χ4n) is 3.90. The second kappa shape index (κ2) is 9.03. The number of nitrogens with zero attached hydrogens (tertiary/aromatic N) is 2. The van der Waals surface area contributed by atoms with Crippen molar-refractivity contribution in [2.45, 2.75) is 9.90 Å². The van der Waals surface area contributed by atoms with Gasteiger partial charge in [0.25, 0.3) is 0 Å². The Morgan fingerprint density at radius 3 is 1.59 bits per heavy atom. The Hall–Kier alpha value is -3.34. The summed E-state index contributed by atoms with van der Waals surface area (Å²) >= 11 is 8.01. The summed E-state index contributed by atoms with van der Waals surface area (Å²) in [7, 11) is 0.